The van der Waals surface area contributed by atoms with Crippen molar-refractivity contribution in [3.05, 3.63) is 82.9 Å². The number of carbonyl (C=O) groups excluding carboxylic acids is 1. The summed E-state index contributed by atoms with van der Waals surface area (Å²) in [7, 11) is 0. The lowest BCUT2D eigenvalue weighted by Gasteiger charge is -2.14. The number of anilines is 1. The molecule has 6 nitrogen and oxygen atoms in total. The van der Waals surface area contributed by atoms with Crippen LogP contribution in [0.5, 0.6) is 11.5 Å². The largest absolute Gasteiger partial charge is 0.494 e. The number of amides is 1. The maximum atomic E-state index is 12.9. The van der Waals surface area contributed by atoms with E-state index in [1.165, 1.54) is 4.90 Å². The summed E-state index contributed by atoms with van der Waals surface area (Å²) in [5.41, 5.74) is 0.990. The molecule has 0 aliphatic carbocycles. The SMILES string of the molecule is CCOc1ccc(N2C(=O)/C(=C\c3ccc(COc4ccc(Cl)cc4)o3)NC2=S)cc1. The number of halogens is 1. The van der Waals surface area contributed by atoms with Crippen LogP contribution >= 0.6 is 23.8 Å². The molecule has 1 aliphatic heterocycles. The molecule has 0 unspecified atom stereocenters. The molecule has 0 spiro atoms. The van der Waals surface area contributed by atoms with E-state index < -0.39 is 0 Å². The Labute approximate surface area is 190 Å². The van der Waals surface area contributed by atoms with Crippen LogP contribution in [-0.4, -0.2) is 17.6 Å². The summed E-state index contributed by atoms with van der Waals surface area (Å²) in [6.45, 7) is 2.74. The van der Waals surface area contributed by atoms with Crippen molar-refractivity contribution in [2.45, 2.75) is 13.5 Å². The molecule has 1 saturated heterocycles. The van der Waals surface area contributed by atoms with Crippen molar-refractivity contribution in [2.75, 3.05) is 11.5 Å². The molecule has 2 aromatic carbocycles. The van der Waals surface area contributed by atoms with Crippen molar-refractivity contribution < 1.29 is 18.7 Å². The molecule has 0 atom stereocenters. The van der Waals surface area contributed by atoms with Crippen LogP contribution in [0.15, 0.2) is 70.8 Å². The van der Waals surface area contributed by atoms with Gasteiger partial charge in [-0.1, -0.05) is 11.6 Å². The number of furan rings is 1. The fourth-order valence-corrected chi connectivity index (χ4v) is 3.43. The van der Waals surface area contributed by atoms with Gasteiger partial charge in [-0.25, -0.2) is 0 Å². The first-order valence-corrected chi connectivity index (χ1v) is 10.4. The number of thiocarbonyl (C=S) groups is 1. The second-order valence-electron chi connectivity index (χ2n) is 6.60. The summed E-state index contributed by atoms with van der Waals surface area (Å²) in [4.78, 5) is 14.3. The molecule has 0 saturated carbocycles. The maximum absolute atomic E-state index is 12.9. The van der Waals surface area contributed by atoms with Crippen molar-refractivity contribution in [1.82, 2.24) is 5.32 Å². The van der Waals surface area contributed by atoms with E-state index in [1.807, 2.05) is 6.92 Å². The van der Waals surface area contributed by atoms with Gasteiger partial charge in [0, 0.05) is 11.1 Å². The van der Waals surface area contributed by atoms with Crippen molar-refractivity contribution in [2.24, 2.45) is 0 Å². The third kappa shape index (κ3) is 4.90. The van der Waals surface area contributed by atoms with Crippen LogP contribution in [0, 0.1) is 0 Å². The first-order chi connectivity index (χ1) is 15.0. The van der Waals surface area contributed by atoms with Crippen molar-refractivity contribution >= 4 is 46.6 Å². The van der Waals surface area contributed by atoms with Gasteiger partial charge in [-0.05, 0) is 79.8 Å². The average Bonchev–Trinajstić information content (AvgIpc) is 3.32. The van der Waals surface area contributed by atoms with E-state index in [0.717, 1.165) is 5.75 Å². The average molecular weight is 455 g/mol. The molecule has 1 fully saturated rings. The van der Waals surface area contributed by atoms with Gasteiger partial charge in [0.05, 0.1) is 12.3 Å². The second-order valence-corrected chi connectivity index (χ2v) is 7.43. The summed E-state index contributed by atoms with van der Waals surface area (Å²) in [6, 6.07) is 17.8. The standard InChI is InChI=1S/C23H19ClN2O4S/c1-2-28-17-9-5-16(6-10-17)26-22(27)21(25-23(26)31)13-19-11-12-20(30-19)14-29-18-7-3-15(24)4-8-18/h3-13H,2,14H2,1H3,(H,25,31)/b21-13+. The Morgan fingerprint density at radius 1 is 1.03 bits per heavy atom. The lowest BCUT2D eigenvalue weighted by molar-refractivity contribution is -0.113. The Kier molecular flexibility index (Phi) is 6.25. The number of nitrogens with one attached hydrogen (secondary N) is 1. The normalized spacial score (nSPS) is 14.8. The summed E-state index contributed by atoms with van der Waals surface area (Å²) < 4.78 is 16.9. The van der Waals surface area contributed by atoms with E-state index in [1.54, 1.807) is 66.7 Å². The van der Waals surface area contributed by atoms with Gasteiger partial charge in [0.2, 0.25) is 0 Å². The zero-order chi connectivity index (χ0) is 21.8. The van der Waals surface area contributed by atoms with Crippen molar-refractivity contribution in [1.29, 1.82) is 0 Å². The highest BCUT2D eigenvalue weighted by molar-refractivity contribution is 7.80. The van der Waals surface area contributed by atoms with Gasteiger partial charge in [0.15, 0.2) is 5.11 Å². The molecule has 31 heavy (non-hydrogen) atoms. The van der Waals surface area contributed by atoms with Gasteiger partial charge < -0.3 is 19.2 Å². The summed E-state index contributed by atoms with van der Waals surface area (Å²) >= 11 is 11.2. The van der Waals surface area contributed by atoms with Crippen molar-refractivity contribution in [3.8, 4) is 11.5 Å². The molecular weight excluding hydrogens is 436 g/mol. The van der Waals surface area contributed by atoms with Gasteiger partial charge in [-0.3, -0.25) is 9.69 Å². The Morgan fingerprint density at radius 2 is 1.71 bits per heavy atom. The molecule has 1 aliphatic rings. The fourth-order valence-electron chi connectivity index (χ4n) is 3.00. The Balaban J connectivity index is 1.43. The number of hydrogen-bond acceptors (Lipinski definition) is 5. The van der Waals surface area contributed by atoms with E-state index in [4.69, 9.17) is 37.7 Å². The molecule has 8 heteroatoms. The van der Waals surface area contributed by atoms with Crippen LogP contribution < -0.4 is 19.7 Å². The van der Waals surface area contributed by atoms with Crippen LogP contribution in [0.2, 0.25) is 5.02 Å². The number of rotatable bonds is 7. The maximum Gasteiger partial charge on any atom is 0.281 e. The third-order valence-electron chi connectivity index (χ3n) is 4.45. The molecule has 0 radical (unpaired) electrons. The first-order valence-electron chi connectivity index (χ1n) is 9.60. The molecule has 3 aromatic rings. The fraction of sp³-hybridized carbons (Fsp3) is 0.130. The topological polar surface area (TPSA) is 63.9 Å². The van der Waals surface area contributed by atoms with Gasteiger partial charge in [0.25, 0.3) is 5.91 Å². The highest BCUT2D eigenvalue weighted by Gasteiger charge is 2.32. The van der Waals surface area contributed by atoms with Gasteiger partial charge in [-0.2, -0.15) is 0 Å². The predicted octanol–water partition coefficient (Wildman–Crippen LogP) is 5.17. The Bertz CT molecular complexity index is 1120. The van der Waals surface area contributed by atoms with Crippen LogP contribution in [0.1, 0.15) is 18.4 Å². The quantitative estimate of drug-likeness (QED) is 0.392. The minimum absolute atomic E-state index is 0.253. The molecule has 1 aromatic heterocycles. The Morgan fingerprint density at radius 3 is 2.42 bits per heavy atom. The second kappa shape index (κ2) is 9.24. The van der Waals surface area contributed by atoms with E-state index in [0.29, 0.717) is 45.4 Å². The van der Waals surface area contributed by atoms with Crippen molar-refractivity contribution in [3.63, 3.8) is 0 Å². The zero-order valence-corrected chi connectivity index (χ0v) is 18.2. The molecule has 2 heterocycles. The molecule has 158 valence electrons. The van der Waals surface area contributed by atoms with E-state index >= 15 is 0 Å². The molecule has 0 bridgehead atoms. The molecular formula is C23H19ClN2O4S. The van der Waals surface area contributed by atoms with Crippen LogP contribution in [0.25, 0.3) is 6.08 Å². The molecule has 1 N–H and O–H groups in total. The number of benzene rings is 2. The number of ether oxygens (including phenoxy) is 2. The van der Waals surface area contributed by atoms with Crippen LogP contribution in [0.3, 0.4) is 0 Å². The summed E-state index contributed by atoms with van der Waals surface area (Å²) in [5.74, 6) is 2.30. The predicted molar refractivity (Wildman–Crippen MR) is 123 cm³/mol. The van der Waals surface area contributed by atoms with E-state index in [2.05, 4.69) is 5.32 Å². The zero-order valence-electron chi connectivity index (χ0n) is 16.6. The number of hydrogen-bond donors (Lipinski definition) is 1. The molecule has 1 amide bonds. The van der Waals surface area contributed by atoms with Crippen LogP contribution in [-0.2, 0) is 11.4 Å². The minimum Gasteiger partial charge on any atom is -0.494 e. The van der Waals surface area contributed by atoms with Gasteiger partial charge >= 0.3 is 0 Å². The highest BCUT2D eigenvalue weighted by Crippen LogP contribution is 2.25. The smallest absolute Gasteiger partial charge is 0.281 e. The van der Waals surface area contributed by atoms with Gasteiger partial charge in [-0.15, -0.1) is 0 Å². The van der Waals surface area contributed by atoms with E-state index in [-0.39, 0.29) is 12.5 Å². The summed E-state index contributed by atoms with van der Waals surface area (Å²) in [5, 5.41) is 3.89. The van der Waals surface area contributed by atoms with Gasteiger partial charge in [0.1, 0.15) is 35.3 Å². The minimum atomic E-state index is -0.260. The summed E-state index contributed by atoms with van der Waals surface area (Å²) in [6.07, 6.45) is 1.62. The highest BCUT2D eigenvalue weighted by atomic mass is 35.5. The third-order valence-corrected chi connectivity index (χ3v) is 4.98. The van der Waals surface area contributed by atoms with E-state index in [9.17, 15) is 4.79 Å². The molecule has 4 rings (SSSR count). The Hall–Kier alpha value is -3.29. The first kappa shape index (κ1) is 21.0. The number of nitrogens with zero attached hydrogens (tertiary/aromatic N) is 1. The number of carbonyl (C=O) groups is 1. The monoisotopic (exact) mass is 454 g/mol. The van der Waals surface area contributed by atoms with Crippen LogP contribution in [0.4, 0.5) is 5.69 Å². The lowest BCUT2D eigenvalue weighted by Crippen LogP contribution is -2.30. The lowest BCUT2D eigenvalue weighted by atomic mass is 10.2.